The molecule has 0 bridgehead atoms. The van der Waals surface area contributed by atoms with Crippen molar-refractivity contribution in [2.45, 2.75) is 18.0 Å². The molecular weight excluding hydrogens is 257 g/mol. The second-order valence-corrected chi connectivity index (χ2v) is 4.88. The summed E-state index contributed by atoms with van der Waals surface area (Å²) in [6.07, 6.45) is -4.78. The van der Waals surface area contributed by atoms with Gasteiger partial charge in [-0.15, -0.1) is 0 Å². The van der Waals surface area contributed by atoms with E-state index < -0.39 is 34.4 Å². The first kappa shape index (κ1) is 13.9. The summed E-state index contributed by atoms with van der Waals surface area (Å²) in [7, 11) is 0. The number of halogens is 3. The Labute approximate surface area is 98.4 Å². The van der Waals surface area contributed by atoms with Crippen molar-refractivity contribution in [1.29, 1.82) is 0 Å². The van der Waals surface area contributed by atoms with Crippen molar-refractivity contribution < 1.29 is 27.6 Å². The fourth-order valence-electron chi connectivity index (χ4n) is 1.25. The van der Waals surface area contributed by atoms with Gasteiger partial charge in [0.1, 0.15) is 5.75 Å². The average Bonchev–Trinajstić information content (AvgIpc) is 2.25. The normalized spacial score (nSPS) is 13.5. The molecule has 3 nitrogen and oxygen atoms in total. The lowest BCUT2D eigenvalue weighted by Gasteiger charge is -2.13. The zero-order chi connectivity index (χ0) is 13.2. The highest BCUT2D eigenvalue weighted by Crippen LogP contribution is 2.33. The third-order valence-electron chi connectivity index (χ3n) is 2.05. The molecule has 0 aliphatic rings. The maximum atomic E-state index is 12.6. The first-order valence-electron chi connectivity index (χ1n) is 4.60. The molecule has 7 heteroatoms. The summed E-state index contributed by atoms with van der Waals surface area (Å²) in [5.41, 5.74) is -2.11. The Bertz CT molecular complexity index is 431. The van der Waals surface area contributed by atoms with Crippen LogP contribution in [0.4, 0.5) is 13.2 Å². The smallest absolute Gasteiger partial charge is 0.417 e. The Kier molecular flexibility index (Phi) is 4.05. The van der Waals surface area contributed by atoms with Gasteiger partial charge in [-0.1, -0.05) is 0 Å². The molecule has 0 amide bonds. The number of carbonyl (C=O) groups is 1. The van der Waals surface area contributed by atoms with Crippen molar-refractivity contribution in [3.8, 4) is 0 Å². The van der Waals surface area contributed by atoms with Crippen LogP contribution in [0.15, 0.2) is 23.1 Å². The van der Waals surface area contributed by atoms with Crippen molar-refractivity contribution in [3.05, 3.63) is 29.3 Å². The second-order valence-electron chi connectivity index (χ2n) is 3.14. The molecular formula is C10H9F3O3S. The Morgan fingerprint density at radius 1 is 1.47 bits per heavy atom. The van der Waals surface area contributed by atoms with Crippen LogP contribution < -0.4 is 0 Å². The highest BCUT2D eigenvalue weighted by atomic mass is 32.2. The van der Waals surface area contributed by atoms with Gasteiger partial charge in [0.25, 0.3) is 0 Å². The van der Waals surface area contributed by atoms with Gasteiger partial charge in [-0.3, -0.25) is 0 Å². The van der Waals surface area contributed by atoms with E-state index in [0.717, 1.165) is 12.1 Å². The van der Waals surface area contributed by atoms with Gasteiger partial charge < -0.3 is 9.66 Å². The van der Waals surface area contributed by atoms with Crippen molar-refractivity contribution in [2.24, 2.45) is 0 Å². The zero-order valence-electron chi connectivity index (χ0n) is 8.75. The molecule has 0 saturated heterocycles. The van der Waals surface area contributed by atoms with E-state index in [-0.39, 0.29) is 10.6 Å². The molecule has 94 valence electrons. The maximum Gasteiger partial charge on any atom is 0.417 e. The summed E-state index contributed by atoms with van der Waals surface area (Å²) in [4.78, 5) is 10.6. The third-order valence-corrected chi connectivity index (χ3v) is 3.36. The third kappa shape index (κ3) is 3.13. The van der Waals surface area contributed by atoms with E-state index in [1.807, 2.05) is 0 Å². The molecule has 0 aliphatic carbocycles. The minimum absolute atomic E-state index is 0.0233. The Balaban J connectivity index is 3.35. The summed E-state index contributed by atoms with van der Waals surface area (Å²) >= 11 is -1.55. The zero-order valence-corrected chi connectivity index (χ0v) is 9.56. The molecule has 0 heterocycles. The highest BCUT2D eigenvalue weighted by Gasteiger charge is 2.36. The van der Waals surface area contributed by atoms with Crippen LogP contribution in [-0.2, 0) is 17.4 Å². The van der Waals surface area contributed by atoms with Crippen LogP contribution in [0.5, 0.6) is 0 Å². The summed E-state index contributed by atoms with van der Waals surface area (Å²) in [5, 5.41) is 8.64. The molecule has 1 aromatic rings. The Morgan fingerprint density at radius 3 is 2.47 bits per heavy atom. The van der Waals surface area contributed by atoms with Crippen LogP contribution in [0.25, 0.3) is 0 Å². The predicted octanol–water partition coefficient (Wildman–Crippen LogP) is 2.53. The van der Waals surface area contributed by atoms with Crippen LogP contribution >= 0.6 is 0 Å². The first-order chi connectivity index (χ1) is 7.77. The quantitative estimate of drug-likeness (QED) is 0.855. The van der Waals surface area contributed by atoms with Gasteiger partial charge >= 0.3 is 12.1 Å². The van der Waals surface area contributed by atoms with E-state index in [0.29, 0.717) is 6.07 Å². The molecule has 1 rings (SSSR count). The number of carboxylic acid groups (broad SMARTS) is 1. The maximum absolute atomic E-state index is 12.6. The number of benzene rings is 1. The van der Waals surface area contributed by atoms with E-state index in [9.17, 15) is 22.5 Å². The molecule has 17 heavy (non-hydrogen) atoms. The molecule has 0 radical (unpaired) electrons. The Morgan fingerprint density at radius 2 is 2.06 bits per heavy atom. The number of alkyl halides is 3. The first-order valence-corrected chi connectivity index (χ1v) is 5.92. The summed E-state index contributed by atoms with van der Waals surface area (Å²) in [5.74, 6) is -1.49. The fraction of sp³-hybridized carbons (Fsp3) is 0.300. The van der Waals surface area contributed by atoms with Crippen molar-refractivity contribution in [2.75, 3.05) is 5.75 Å². The van der Waals surface area contributed by atoms with Crippen molar-refractivity contribution >= 4 is 17.1 Å². The molecule has 0 spiro atoms. The monoisotopic (exact) mass is 266 g/mol. The SMILES string of the molecule is CC[S+]([O-])c1ccc(C(=O)O)c(C(F)(F)F)c1. The molecule has 1 aromatic carbocycles. The van der Waals surface area contributed by atoms with Gasteiger partial charge in [-0.25, -0.2) is 4.79 Å². The van der Waals surface area contributed by atoms with Crippen LogP contribution in [0.1, 0.15) is 22.8 Å². The van der Waals surface area contributed by atoms with Crippen LogP contribution in [0, 0.1) is 0 Å². The van der Waals surface area contributed by atoms with E-state index in [2.05, 4.69) is 0 Å². The molecule has 0 aromatic heterocycles. The van der Waals surface area contributed by atoms with Crippen LogP contribution in [0.3, 0.4) is 0 Å². The number of carboxylic acids is 1. The van der Waals surface area contributed by atoms with Crippen LogP contribution in [-0.4, -0.2) is 21.4 Å². The molecule has 0 saturated carbocycles. The second kappa shape index (κ2) is 4.97. The van der Waals surface area contributed by atoms with Gasteiger partial charge in [0.2, 0.25) is 0 Å². The van der Waals surface area contributed by atoms with E-state index in [4.69, 9.17) is 5.11 Å². The lowest BCUT2D eigenvalue weighted by molar-refractivity contribution is -0.138. The molecule has 0 aliphatic heterocycles. The number of hydrogen-bond acceptors (Lipinski definition) is 2. The average molecular weight is 266 g/mol. The molecule has 1 unspecified atom stereocenters. The minimum Gasteiger partial charge on any atom is -0.611 e. The minimum atomic E-state index is -4.78. The standard InChI is InChI=1S/C10H9F3O3S/c1-2-17(16)6-3-4-7(9(14)15)8(5-6)10(11,12)13/h3-5H,2H2,1H3,(H,14,15). The molecule has 1 N–H and O–H groups in total. The number of rotatable bonds is 3. The van der Waals surface area contributed by atoms with Gasteiger partial charge in [0.15, 0.2) is 4.90 Å². The van der Waals surface area contributed by atoms with Crippen molar-refractivity contribution in [1.82, 2.24) is 0 Å². The topological polar surface area (TPSA) is 60.4 Å². The summed E-state index contributed by atoms with van der Waals surface area (Å²) < 4.78 is 49.2. The van der Waals surface area contributed by atoms with E-state index in [1.165, 1.54) is 0 Å². The highest BCUT2D eigenvalue weighted by molar-refractivity contribution is 7.91. The van der Waals surface area contributed by atoms with E-state index in [1.54, 1.807) is 6.92 Å². The molecule has 0 fully saturated rings. The predicted molar refractivity (Wildman–Crippen MR) is 55.4 cm³/mol. The van der Waals surface area contributed by atoms with Gasteiger partial charge in [0, 0.05) is 6.07 Å². The largest absolute Gasteiger partial charge is 0.611 e. The number of aromatic carboxylic acids is 1. The van der Waals surface area contributed by atoms with Gasteiger partial charge in [-0.05, 0) is 30.2 Å². The summed E-state index contributed by atoms with van der Waals surface area (Å²) in [6.45, 7) is 1.56. The fourth-order valence-corrected chi connectivity index (χ4v) is 2.06. The van der Waals surface area contributed by atoms with Crippen LogP contribution in [0.2, 0.25) is 0 Å². The van der Waals surface area contributed by atoms with Crippen molar-refractivity contribution in [3.63, 3.8) is 0 Å². The lowest BCUT2D eigenvalue weighted by atomic mass is 10.1. The number of hydrogen-bond donors (Lipinski definition) is 1. The summed E-state index contributed by atoms with van der Waals surface area (Å²) in [6, 6.07) is 2.59. The lowest BCUT2D eigenvalue weighted by Crippen LogP contribution is -2.15. The van der Waals surface area contributed by atoms with Gasteiger partial charge in [-0.2, -0.15) is 13.2 Å². The Hall–Kier alpha value is -1.21. The molecule has 1 atom stereocenters. The van der Waals surface area contributed by atoms with E-state index >= 15 is 0 Å². The van der Waals surface area contributed by atoms with Gasteiger partial charge in [0.05, 0.1) is 11.1 Å².